The zero-order valence-corrected chi connectivity index (χ0v) is 11.1. The van der Waals surface area contributed by atoms with Gasteiger partial charge in [0.2, 0.25) is 0 Å². The molecule has 0 saturated carbocycles. The number of nitrogens with two attached hydrogens (primary N) is 1. The maximum atomic E-state index is 11.7. The van der Waals surface area contributed by atoms with E-state index in [-0.39, 0.29) is 19.0 Å². The van der Waals surface area contributed by atoms with Crippen molar-refractivity contribution in [1.29, 1.82) is 0 Å². The van der Waals surface area contributed by atoms with Crippen molar-refractivity contribution in [2.45, 2.75) is 13.0 Å². The molecule has 98 valence electrons. The highest BCUT2D eigenvalue weighted by Gasteiger charge is 2.07. The fraction of sp³-hybridized carbons (Fsp3) is 0.133. The van der Waals surface area contributed by atoms with E-state index in [2.05, 4.69) is 0 Å². The standard InChI is InChI=1S/C15H14ClNO2/c16-13-6-3-4-11(8-13)10-19-15(18)9-12-5-1-2-7-14(12)17/h1-8H,9-10,17H2. The van der Waals surface area contributed by atoms with Crippen molar-refractivity contribution in [3.63, 3.8) is 0 Å². The average Bonchev–Trinajstić information content (AvgIpc) is 2.39. The average molecular weight is 276 g/mol. The first-order valence-electron chi connectivity index (χ1n) is 5.88. The molecule has 2 N–H and O–H groups in total. The lowest BCUT2D eigenvalue weighted by Gasteiger charge is -2.07. The van der Waals surface area contributed by atoms with Gasteiger partial charge in [-0.25, -0.2) is 0 Å². The molecule has 2 rings (SSSR count). The number of hydrogen-bond acceptors (Lipinski definition) is 3. The van der Waals surface area contributed by atoms with Crippen LogP contribution in [0.1, 0.15) is 11.1 Å². The summed E-state index contributed by atoms with van der Waals surface area (Å²) < 4.78 is 5.19. The largest absolute Gasteiger partial charge is 0.461 e. The van der Waals surface area contributed by atoms with Crippen LogP contribution in [0.25, 0.3) is 0 Å². The number of carbonyl (C=O) groups excluding carboxylic acids is 1. The molecular formula is C15H14ClNO2. The third-order valence-electron chi connectivity index (χ3n) is 2.68. The minimum absolute atomic E-state index is 0.174. The minimum atomic E-state index is -0.308. The number of ether oxygens (including phenoxy) is 1. The number of halogens is 1. The number of benzene rings is 2. The maximum absolute atomic E-state index is 11.7. The first-order valence-corrected chi connectivity index (χ1v) is 6.26. The summed E-state index contributed by atoms with van der Waals surface area (Å²) in [5.41, 5.74) is 8.01. The highest BCUT2D eigenvalue weighted by molar-refractivity contribution is 6.30. The van der Waals surface area contributed by atoms with Crippen LogP contribution in [0.3, 0.4) is 0 Å². The number of esters is 1. The van der Waals surface area contributed by atoms with Crippen LogP contribution in [0.5, 0.6) is 0 Å². The Morgan fingerprint density at radius 1 is 1.16 bits per heavy atom. The minimum Gasteiger partial charge on any atom is -0.461 e. The Kier molecular flexibility index (Phi) is 4.42. The molecule has 0 fully saturated rings. The highest BCUT2D eigenvalue weighted by atomic mass is 35.5. The number of rotatable bonds is 4. The van der Waals surface area contributed by atoms with E-state index in [0.29, 0.717) is 10.7 Å². The van der Waals surface area contributed by atoms with Crippen molar-refractivity contribution in [1.82, 2.24) is 0 Å². The van der Waals surface area contributed by atoms with Gasteiger partial charge in [0.1, 0.15) is 6.61 Å². The molecule has 0 unspecified atom stereocenters. The van der Waals surface area contributed by atoms with E-state index >= 15 is 0 Å². The Morgan fingerprint density at radius 3 is 2.68 bits per heavy atom. The molecule has 0 amide bonds. The van der Waals surface area contributed by atoms with Crippen molar-refractivity contribution in [3.05, 3.63) is 64.7 Å². The van der Waals surface area contributed by atoms with Crippen molar-refractivity contribution in [3.8, 4) is 0 Å². The van der Waals surface area contributed by atoms with E-state index in [1.807, 2.05) is 30.3 Å². The number of hydrogen-bond donors (Lipinski definition) is 1. The van der Waals surface area contributed by atoms with Crippen LogP contribution in [0.4, 0.5) is 5.69 Å². The van der Waals surface area contributed by atoms with Crippen LogP contribution in [0.2, 0.25) is 5.02 Å². The first kappa shape index (κ1) is 13.4. The number of anilines is 1. The molecular weight excluding hydrogens is 262 g/mol. The smallest absolute Gasteiger partial charge is 0.310 e. The van der Waals surface area contributed by atoms with Gasteiger partial charge in [-0.05, 0) is 29.3 Å². The van der Waals surface area contributed by atoms with E-state index in [4.69, 9.17) is 22.1 Å². The lowest BCUT2D eigenvalue weighted by Crippen LogP contribution is -2.09. The van der Waals surface area contributed by atoms with E-state index in [1.165, 1.54) is 0 Å². The summed E-state index contributed by atoms with van der Waals surface area (Å²) in [7, 11) is 0. The summed E-state index contributed by atoms with van der Waals surface area (Å²) in [6, 6.07) is 14.5. The van der Waals surface area contributed by atoms with Crippen LogP contribution >= 0.6 is 11.6 Å². The van der Waals surface area contributed by atoms with Gasteiger partial charge in [0.05, 0.1) is 6.42 Å². The quantitative estimate of drug-likeness (QED) is 0.689. The summed E-state index contributed by atoms with van der Waals surface area (Å²) in [6.45, 7) is 0.214. The zero-order valence-electron chi connectivity index (χ0n) is 10.3. The molecule has 4 heteroatoms. The topological polar surface area (TPSA) is 52.3 Å². The van der Waals surface area contributed by atoms with E-state index in [9.17, 15) is 4.79 Å². The molecule has 0 aliphatic rings. The third-order valence-corrected chi connectivity index (χ3v) is 2.91. The predicted molar refractivity (Wildman–Crippen MR) is 75.8 cm³/mol. The number of carbonyl (C=O) groups is 1. The van der Waals surface area contributed by atoms with Crippen LogP contribution in [-0.4, -0.2) is 5.97 Å². The lowest BCUT2D eigenvalue weighted by molar-refractivity contribution is -0.144. The van der Waals surface area contributed by atoms with Crippen LogP contribution in [-0.2, 0) is 22.6 Å². The predicted octanol–water partition coefficient (Wildman–Crippen LogP) is 3.21. The Hall–Kier alpha value is -2.00. The molecule has 0 aromatic heterocycles. The van der Waals surface area contributed by atoms with Gasteiger partial charge in [-0.2, -0.15) is 0 Å². The molecule has 0 atom stereocenters. The fourth-order valence-electron chi connectivity index (χ4n) is 1.69. The highest BCUT2D eigenvalue weighted by Crippen LogP contribution is 2.14. The van der Waals surface area contributed by atoms with Gasteiger partial charge in [0.25, 0.3) is 0 Å². The fourth-order valence-corrected chi connectivity index (χ4v) is 1.91. The Bertz CT molecular complexity index is 584. The second-order valence-corrected chi connectivity index (χ2v) is 4.60. The summed E-state index contributed by atoms with van der Waals surface area (Å²) in [5.74, 6) is -0.308. The molecule has 0 heterocycles. The molecule has 0 saturated heterocycles. The second kappa shape index (κ2) is 6.25. The van der Waals surface area contributed by atoms with Gasteiger partial charge in [-0.3, -0.25) is 4.79 Å². The monoisotopic (exact) mass is 275 g/mol. The second-order valence-electron chi connectivity index (χ2n) is 4.17. The summed E-state index contributed by atoms with van der Waals surface area (Å²) >= 11 is 5.85. The molecule has 2 aromatic carbocycles. The number of nitrogen functional groups attached to an aromatic ring is 1. The van der Waals surface area contributed by atoms with Gasteiger partial charge in [-0.15, -0.1) is 0 Å². The van der Waals surface area contributed by atoms with Crippen LogP contribution in [0.15, 0.2) is 48.5 Å². The summed E-state index contributed by atoms with van der Waals surface area (Å²) in [6.07, 6.45) is 0.174. The molecule has 0 spiro atoms. The van der Waals surface area contributed by atoms with Crippen molar-refractivity contribution in [2.24, 2.45) is 0 Å². The van der Waals surface area contributed by atoms with Gasteiger partial charge in [0, 0.05) is 10.7 Å². The molecule has 0 bridgehead atoms. The lowest BCUT2D eigenvalue weighted by atomic mass is 10.1. The third kappa shape index (κ3) is 4.00. The normalized spacial score (nSPS) is 10.2. The number of para-hydroxylation sites is 1. The Labute approximate surface area is 117 Å². The van der Waals surface area contributed by atoms with Gasteiger partial charge in [0.15, 0.2) is 0 Å². The molecule has 0 aliphatic heterocycles. The Morgan fingerprint density at radius 2 is 1.95 bits per heavy atom. The van der Waals surface area contributed by atoms with E-state index < -0.39 is 0 Å². The summed E-state index contributed by atoms with van der Waals surface area (Å²) in [4.78, 5) is 11.7. The molecule has 0 radical (unpaired) electrons. The van der Waals surface area contributed by atoms with Crippen LogP contribution in [0, 0.1) is 0 Å². The molecule has 3 nitrogen and oxygen atoms in total. The van der Waals surface area contributed by atoms with Gasteiger partial charge < -0.3 is 10.5 Å². The van der Waals surface area contributed by atoms with Crippen molar-refractivity contribution >= 4 is 23.3 Å². The maximum Gasteiger partial charge on any atom is 0.310 e. The first-order chi connectivity index (χ1) is 9.15. The molecule has 19 heavy (non-hydrogen) atoms. The van der Waals surface area contributed by atoms with Gasteiger partial charge >= 0.3 is 5.97 Å². The SMILES string of the molecule is Nc1ccccc1CC(=O)OCc1cccc(Cl)c1. The molecule has 2 aromatic rings. The van der Waals surface area contributed by atoms with Gasteiger partial charge in [-0.1, -0.05) is 41.9 Å². The van der Waals surface area contributed by atoms with Crippen molar-refractivity contribution in [2.75, 3.05) is 5.73 Å². The van der Waals surface area contributed by atoms with E-state index in [1.54, 1.807) is 18.2 Å². The van der Waals surface area contributed by atoms with Crippen molar-refractivity contribution < 1.29 is 9.53 Å². The summed E-state index contributed by atoms with van der Waals surface area (Å²) in [5, 5.41) is 0.626. The Balaban J connectivity index is 1.90. The zero-order chi connectivity index (χ0) is 13.7. The van der Waals surface area contributed by atoms with E-state index in [0.717, 1.165) is 11.1 Å². The molecule has 0 aliphatic carbocycles. The van der Waals surface area contributed by atoms with Crippen LogP contribution < -0.4 is 5.73 Å².